The standard InChI is InChI=1S/C13H16BrN3/c14-9-5-6-11-12(7-9)17-13(16-11)8-15-10-3-1-2-4-10/h5-7,10,15H,1-4,8H2,(H,16,17). The fourth-order valence-electron chi connectivity index (χ4n) is 2.49. The van der Waals surface area contributed by atoms with Crippen molar-refractivity contribution < 1.29 is 0 Å². The molecular weight excluding hydrogens is 278 g/mol. The first-order valence-corrected chi connectivity index (χ1v) is 6.98. The van der Waals surface area contributed by atoms with Crippen molar-refractivity contribution in [1.29, 1.82) is 0 Å². The van der Waals surface area contributed by atoms with Gasteiger partial charge >= 0.3 is 0 Å². The van der Waals surface area contributed by atoms with Gasteiger partial charge in [0, 0.05) is 10.5 Å². The predicted octanol–water partition coefficient (Wildman–Crippen LogP) is 3.36. The van der Waals surface area contributed by atoms with Gasteiger partial charge in [-0.05, 0) is 31.0 Å². The Kier molecular flexibility index (Phi) is 3.16. The number of halogens is 1. The van der Waals surface area contributed by atoms with E-state index >= 15 is 0 Å². The number of hydrogen-bond donors (Lipinski definition) is 2. The fourth-order valence-corrected chi connectivity index (χ4v) is 2.85. The second-order valence-electron chi connectivity index (χ2n) is 4.71. The van der Waals surface area contributed by atoms with E-state index in [1.165, 1.54) is 25.7 Å². The van der Waals surface area contributed by atoms with E-state index in [1.54, 1.807) is 0 Å². The zero-order valence-electron chi connectivity index (χ0n) is 9.67. The molecule has 1 aromatic carbocycles. The van der Waals surface area contributed by atoms with Crippen LogP contribution >= 0.6 is 15.9 Å². The maximum Gasteiger partial charge on any atom is 0.121 e. The molecule has 1 fully saturated rings. The summed E-state index contributed by atoms with van der Waals surface area (Å²) < 4.78 is 1.09. The summed E-state index contributed by atoms with van der Waals surface area (Å²) in [5.41, 5.74) is 2.14. The number of fused-ring (bicyclic) bond motifs is 1. The zero-order valence-corrected chi connectivity index (χ0v) is 11.3. The van der Waals surface area contributed by atoms with Crippen LogP contribution in [0.3, 0.4) is 0 Å². The number of rotatable bonds is 3. The summed E-state index contributed by atoms with van der Waals surface area (Å²) in [4.78, 5) is 7.93. The number of H-pyrrole nitrogens is 1. The van der Waals surface area contributed by atoms with E-state index in [0.29, 0.717) is 6.04 Å². The third kappa shape index (κ3) is 2.53. The zero-order chi connectivity index (χ0) is 11.7. The van der Waals surface area contributed by atoms with Gasteiger partial charge in [-0.2, -0.15) is 0 Å². The minimum Gasteiger partial charge on any atom is -0.341 e. The Bertz CT molecular complexity index is 514. The molecule has 0 atom stereocenters. The van der Waals surface area contributed by atoms with Crippen molar-refractivity contribution in [2.45, 2.75) is 38.3 Å². The van der Waals surface area contributed by atoms with Gasteiger partial charge in [-0.25, -0.2) is 4.98 Å². The second kappa shape index (κ2) is 4.78. The van der Waals surface area contributed by atoms with Crippen molar-refractivity contribution in [3.05, 3.63) is 28.5 Å². The first-order chi connectivity index (χ1) is 8.31. The van der Waals surface area contributed by atoms with Gasteiger partial charge in [0.15, 0.2) is 0 Å². The van der Waals surface area contributed by atoms with Crippen molar-refractivity contribution in [2.24, 2.45) is 0 Å². The molecule has 0 saturated heterocycles. The number of nitrogens with zero attached hydrogens (tertiary/aromatic N) is 1. The van der Waals surface area contributed by atoms with Gasteiger partial charge in [-0.1, -0.05) is 28.8 Å². The Morgan fingerprint density at radius 1 is 1.35 bits per heavy atom. The number of aromatic nitrogens is 2. The molecule has 1 aromatic heterocycles. The lowest BCUT2D eigenvalue weighted by molar-refractivity contribution is 0.516. The van der Waals surface area contributed by atoms with E-state index in [1.807, 2.05) is 12.1 Å². The predicted molar refractivity (Wildman–Crippen MR) is 72.9 cm³/mol. The highest BCUT2D eigenvalue weighted by atomic mass is 79.9. The van der Waals surface area contributed by atoms with Gasteiger partial charge in [0.05, 0.1) is 17.6 Å². The molecule has 3 nitrogen and oxygen atoms in total. The molecule has 3 rings (SSSR count). The van der Waals surface area contributed by atoms with Gasteiger partial charge in [0.2, 0.25) is 0 Å². The normalized spacial score (nSPS) is 17.0. The summed E-state index contributed by atoms with van der Waals surface area (Å²) >= 11 is 3.47. The van der Waals surface area contributed by atoms with E-state index in [2.05, 4.69) is 37.3 Å². The summed E-state index contributed by atoms with van der Waals surface area (Å²) in [6.45, 7) is 0.844. The molecule has 0 aliphatic heterocycles. The number of nitrogens with one attached hydrogen (secondary N) is 2. The van der Waals surface area contributed by atoms with Gasteiger partial charge in [0.25, 0.3) is 0 Å². The van der Waals surface area contributed by atoms with E-state index in [-0.39, 0.29) is 0 Å². The molecule has 1 heterocycles. The van der Waals surface area contributed by atoms with Crippen LogP contribution < -0.4 is 5.32 Å². The number of hydrogen-bond acceptors (Lipinski definition) is 2. The van der Waals surface area contributed by atoms with Crippen LogP contribution in [-0.4, -0.2) is 16.0 Å². The summed E-state index contributed by atoms with van der Waals surface area (Å²) in [7, 11) is 0. The quantitative estimate of drug-likeness (QED) is 0.911. The monoisotopic (exact) mass is 293 g/mol. The Morgan fingerprint density at radius 3 is 3.00 bits per heavy atom. The lowest BCUT2D eigenvalue weighted by Crippen LogP contribution is -2.25. The molecule has 2 N–H and O–H groups in total. The van der Waals surface area contributed by atoms with Crippen molar-refractivity contribution in [3.63, 3.8) is 0 Å². The molecule has 2 aromatic rings. The molecular formula is C13H16BrN3. The smallest absolute Gasteiger partial charge is 0.121 e. The van der Waals surface area contributed by atoms with Crippen molar-refractivity contribution in [3.8, 4) is 0 Å². The minimum atomic E-state index is 0.690. The third-order valence-electron chi connectivity index (χ3n) is 3.41. The van der Waals surface area contributed by atoms with Gasteiger partial charge in [0.1, 0.15) is 5.82 Å². The largest absolute Gasteiger partial charge is 0.341 e. The highest BCUT2D eigenvalue weighted by Gasteiger charge is 2.14. The van der Waals surface area contributed by atoms with Crippen LogP contribution in [0.15, 0.2) is 22.7 Å². The summed E-state index contributed by atoms with van der Waals surface area (Å²) in [6, 6.07) is 6.82. The van der Waals surface area contributed by atoms with Gasteiger partial charge in [-0.15, -0.1) is 0 Å². The summed E-state index contributed by atoms with van der Waals surface area (Å²) in [5.74, 6) is 1.03. The molecule has 17 heavy (non-hydrogen) atoms. The molecule has 4 heteroatoms. The van der Waals surface area contributed by atoms with Gasteiger partial charge in [-0.3, -0.25) is 0 Å². The Hall–Kier alpha value is -0.870. The maximum absolute atomic E-state index is 4.58. The second-order valence-corrected chi connectivity index (χ2v) is 5.62. The highest BCUT2D eigenvalue weighted by Crippen LogP contribution is 2.19. The lowest BCUT2D eigenvalue weighted by Gasteiger charge is -2.09. The Morgan fingerprint density at radius 2 is 2.18 bits per heavy atom. The van der Waals surface area contributed by atoms with Crippen molar-refractivity contribution in [2.75, 3.05) is 0 Å². The van der Waals surface area contributed by atoms with Crippen LogP contribution in [0.1, 0.15) is 31.5 Å². The van der Waals surface area contributed by atoms with Crippen LogP contribution in [0.5, 0.6) is 0 Å². The van der Waals surface area contributed by atoms with Crippen molar-refractivity contribution >= 4 is 27.0 Å². The number of aromatic amines is 1. The molecule has 0 bridgehead atoms. The maximum atomic E-state index is 4.58. The average molecular weight is 294 g/mol. The van der Waals surface area contributed by atoms with E-state index in [0.717, 1.165) is 27.9 Å². The topological polar surface area (TPSA) is 40.7 Å². The van der Waals surface area contributed by atoms with Crippen LogP contribution in [0, 0.1) is 0 Å². The molecule has 1 saturated carbocycles. The first kappa shape index (κ1) is 11.2. The Balaban J connectivity index is 1.72. The minimum absolute atomic E-state index is 0.690. The average Bonchev–Trinajstić information content (AvgIpc) is 2.94. The molecule has 0 spiro atoms. The molecule has 0 amide bonds. The SMILES string of the molecule is Brc1ccc2nc(CNC3CCCC3)[nH]c2c1. The van der Waals surface area contributed by atoms with Crippen LogP contribution in [-0.2, 0) is 6.54 Å². The van der Waals surface area contributed by atoms with E-state index in [4.69, 9.17) is 0 Å². The molecule has 0 radical (unpaired) electrons. The first-order valence-electron chi connectivity index (χ1n) is 6.19. The summed E-state index contributed by atoms with van der Waals surface area (Å²) in [5, 5.41) is 3.57. The molecule has 1 aliphatic carbocycles. The van der Waals surface area contributed by atoms with E-state index < -0.39 is 0 Å². The fraction of sp³-hybridized carbons (Fsp3) is 0.462. The highest BCUT2D eigenvalue weighted by molar-refractivity contribution is 9.10. The van der Waals surface area contributed by atoms with Crippen LogP contribution in [0.4, 0.5) is 0 Å². The van der Waals surface area contributed by atoms with Crippen LogP contribution in [0.25, 0.3) is 11.0 Å². The van der Waals surface area contributed by atoms with E-state index in [9.17, 15) is 0 Å². The Labute approximate surface area is 109 Å². The molecule has 0 unspecified atom stereocenters. The van der Waals surface area contributed by atoms with Gasteiger partial charge < -0.3 is 10.3 Å². The van der Waals surface area contributed by atoms with Crippen LogP contribution in [0.2, 0.25) is 0 Å². The van der Waals surface area contributed by atoms with Crippen molar-refractivity contribution in [1.82, 2.24) is 15.3 Å². The lowest BCUT2D eigenvalue weighted by atomic mass is 10.2. The third-order valence-corrected chi connectivity index (χ3v) is 3.90. The number of benzene rings is 1. The number of imidazole rings is 1. The molecule has 1 aliphatic rings. The summed E-state index contributed by atoms with van der Waals surface area (Å²) in [6.07, 6.45) is 5.35. The molecule has 90 valence electrons.